The quantitative estimate of drug-likeness (QED) is 0.649. The summed E-state index contributed by atoms with van der Waals surface area (Å²) >= 11 is 0. The SMILES string of the molecule is Cc1n[nH]c(C)c1-c1nc(NC(C)(C)CC(C)(C)O)c2ccncc2n1. The van der Waals surface area contributed by atoms with Gasteiger partial charge in [0.1, 0.15) is 5.82 Å². The molecule has 7 nitrogen and oxygen atoms in total. The van der Waals surface area contributed by atoms with Crippen molar-refractivity contribution in [2.45, 2.75) is 59.1 Å². The number of nitrogens with zero attached hydrogens (tertiary/aromatic N) is 4. The van der Waals surface area contributed by atoms with E-state index in [2.05, 4.69) is 25.5 Å². The van der Waals surface area contributed by atoms with Crippen molar-refractivity contribution in [3.8, 4) is 11.4 Å². The summed E-state index contributed by atoms with van der Waals surface area (Å²) in [6.45, 7) is 11.6. The summed E-state index contributed by atoms with van der Waals surface area (Å²) in [5.74, 6) is 1.33. The standard InChI is InChI=1S/C19H26N6O/c1-11-15(12(2)25-24-11)17-21-14-9-20-8-7-13(14)16(22-17)23-18(3,4)10-19(5,6)26/h7-9,26H,10H2,1-6H3,(H,24,25)(H,21,22,23). The largest absolute Gasteiger partial charge is 0.390 e. The fraction of sp³-hybridized carbons (Fsp3) is 0.474. The van der Waals surface area contributed by atoms with Gasteiger partial charge in [0.2, 0.25) is 0 Å². The van der Waals surface area contributed by atoms with E-state index in [0.29, 0.717) is 12.2 Å². The zero-order valence-electron chi connectivity index (χ0n) is 16.2. The van der Waals surface area contributed by atoms with Gasteiger partial charge in [-0.15, -0.1) is 0 Å². The van der Waals surface area contributed by atoms with Crippen molar-refractivity contribution in [1.82, 2.24) is 25.1 Å². The van der Waals surface area contributed by atoms with Crippen molar-refractivity contribution in [3.05, 3.63) is 29.8 Å². The van der Waals surface area contributed by atoms with Crippen molar-refractivity contribution in [3.63, 3.8) is 0 Å². The van der Waals surface area contributed by atoms with E-state index in [1.807, 2.05) is 47.6 Å². The fourth-order valence-electron chi connectivity index (χ4n) is 3.51. The molecule has 0 atom stereocenters. The molecule has 3 rings (SSSR count). The lowest BCUT2D eigenvalue weighted by atomic mass is 9.89. The number of nitrogens with one attached hydrogen (secondary N) is 2. The van der Waals surface area contributed by atoms with Crippen LogP contribution in [0.15, 0.2) is 18.5 Å². The summed E-state index contributed by atoms with van der Waals surface area (Å²) in [7, 11) is 0. The van der Waals surface area contributed by atoms with Crippen LogP contribution in [0.3, 0.4) is 0 Å². The second-order valence-electron chi connectivity index (χ2n) is 8.10. The topological polar surface area (TPSA) is 99.6 Å². The van der Waals surface area contributed by atoms with Crippen LogP contribution in [0.1, 0.15) is 45.5 Å². The third-order valence-corrected chi connectivity index (χ3v) is 4.18. The van der Waals surface area contributed by atoms with E-state index >= 15 is 0 Å². The number of hydrogen-bond donors (Lipinski definition) is 3. The summed E-state index contributed by atoms with van der Waals surface area (Å²) in [6.07, 6.45) is 4.03. The van der Waals surface area contributed by atoms with Crippen LogP contribution in [-0.4, -0.2) is 41.4 Å². The zero-order chi connectivity index (χ0) is 19.1. The molecule has 0 spiro atoms. The highest BCUT2D eigenvalue weighted by atomic mass is 16.3. The first-order valence-corrected chi connectivity index (χ1v) is 8.70. The molecule has 0 aromatic carbocycles. The molecule has 0 unspecified atom stereocenters. The monoisotopic (exact) mass is 354 g/mol. The van der Waals surface area contributed by atoms with Gasteiger partial charge in [0.25, 0.3) is 0 Å². The number of aromatic amines is 1. The van der Waals surface area contributed by atoms with Gasteiger partial charge in [-0.25, -0.2) is 9.97 Å². The molecule has 0 aliphatic rings. The second-order valence-corrected chi connectivity index (χ2v) is 8.10. The van der Waals surface area contributed by atoms with Crippen LogP contribution in [0.5, 0.6) is 0 Å². The maximum Gasteiger partial charge on any atom is 0.165 e. The summed E-state index contributed by atoms with van der Waals surface area (Å²) < 4.78 is 0. The second kappa shape index (κ2) is 6.32. The van der Waals surface area contributed by atoms with Crippen LogP contribution in [0.2, 0.25) is 0 Å². The third-order valence-electron chi connectivity index (χ3n) is 4.18. The summed E-state index contributed by atoms with van der Waals surface area (Å²) in [4.78, 5) is 13.7. The highest BCUT2D eigenvalue weighted by molar-refractivity contribution is 5.90. The molecule has 0 fully saturated rings. The third kappa shape index (κ3) is 3.83. The van der Waals surface area contributed by atoms with E-state index in [4.69, 9.17) is 4.98 Å². The van der Waals surface area contributed by atoms with Gasteiger partial charge in [-0.3, -0.25) is 10.1 Å². The molecular weight excluding hydrogens is 328 g/mol. The van der Waals surface area contributed by atoms with Gasteiger partial charge in [-0.2, -0.15) is 5.10 Å². The van der Waals surface area contributed by atoms with E-state index < -0.39 is 5.60 Å². The number of aromatic nitrogens is 5. The Morgan fingerprint density at radius 3 is 2.50 bits per heavy atom. The summed E-state index contributed by atoms with van der Waals surface area (Å²) in [5.41, 5.74) is 2.29. The average Bonchev–Trinajstić information content (AvgIpc) is 2.83. The van der Waals surface area contributed by atoms with E-state index in [9.17, 15) is 5.11 Å². The number of anilines is 1. The highest BCUT2D eigenvalue weighted by Crippen LogP contribution is 2.30. The molecule has 0 radical (unpaired) electrons. The first-order valence-electron chi connectivity index (χ1n) is 8.70. The average molecular weight is 354 g/mol. The molecule has 0 saturated heterocycles. The fourth-order valence-corrected chi connectivity index (χ4v) is 3.51. The van der Waals surface area contributed by atoms with E-state index in [1.165, 1.54) is 0 Å². The Morgan fingerprint density at radius 1 is 1.15 bits per heavy atom. The first kappa shape index (κ1) is 18.3. The molecule has 0 aliphatic heterocycles. The van der Waals surface area contributed by atoms with Gasteiger partial charge >= 0.3 is 0 Å². The molecule has 3 N–H and O–H groups in total. The van der Waals surface area contributed by atoms with Crippen molar-refractivity contribution in [1.29, 1.82) is 0 Å². The van der Waals surface area contributed by atoms with E-state index in [0.717, 1.165) is 33.7 Å². The molecule has 0 amide bonds. The maximum absolute atomic E-state index is 10.2. The zero-order valence-corrected chi connectivity index (χ0v) is 16.2. The van der Waals surface area contributed by atoms with Crippen molar-refractivity contribution in [2.24, 2.45) is 0 Å². The van der Waals surface area contributed by atoms with Crippen LogP contribution in [-0.2, 0) is 0 Å². The van der Waals surface area contributed by atoms with Gasteiger partial charge < -0.3 is 10.4 Å². The minimum atomic E-state index is -0.790. The molecule has 0 aliphatic carbocycles. The Labute approximate surface area is 153 Å². The number of aryl methyl sites for hydroxylation is 2. The lowest BCUT2D eigenvalue weighted by molar-refractivity contribution is 0.0550. The van der Waals surface area contributed by atoms with Gasteiger partial charge in [0, 0.05) is 22.8 Å². The smallest absolute Gasteiger partial charge is 0.165 e. The molecular formula is C19H26N6O. The lowest BCUT2D eigenvalue weighted by Crippen LogP contribution is -2.39. The summed E-state index contributed by atoms with van der Waals surface area (Å²) in [6, 6.07) is 1.90. The lowest BCUT2D eigenvalue weighted by Gasteiger charge is -2.33. The Balaban J connectivity index is 2.12. The predicted octanol–water partition coefficient (Wildman–Crippen LogP) is 3.38. The van der Waals surface area contributed by atoms with E-state index in [-0.39, 0.29) is 5.54 Å². The molecule has 3 aromatic heterocycles. The van der Waals surface area contributed by atoms with E-state index in [1.54, 1.807) is 12.4 Å². The molecule has 3 heterocycles. The number of aliphatic hydroxyl groups is 1. The van der Waals surface area contributed by atoms with Crippen LogP contribution < -0.4 is 5.32 Å². The van der Waals surface area contributed by atoms with Crippen molar-refractivity contribution >= 4 is 16.7 Å². The van der Waals surface area contributed by atoms with Gasteiger partial charge in [0.05, 0.1) is 28.6 Å². The normalized spacial score (nSPS) is 12.6. The molecule has 3 aromatic rings. The van der Waals surface area contributed by atoms with Crippen LogP contribution in [0.25, 0.3) is 22.3 Å². The summed E-state index contributed by atoms with van der Waals surface area (Å²) in [5, 5.41) is 21.8. The Morgan fingerprint density at radius 2 is 1.88 bits per heavy atom. The molecule has 0 saturated carbocycles. The Kier molecular flexibility index (Phi) is 4.44. The predicted molar refractivity (Wildman–Crippen MR) is 103 cm³/mol. The van der Waals surface area contributed by atoms with Crippen LogP contribution in [0.4, 0.5) is 5.82 Å². The first-order chi connectivity index (χ1) is 12.1. The molecule has 0 bridgehead atoms. The number of pyridine rings is 1. The highest BCUT2D eigenvalue weighted by Gasteiger charge is 2.28. The van der Waals surface area contributed by atoms with Gasteiger partial charge in [0.15, 0.2) is 5.82 Å². The van der Waals surface area contributed by atoms with Gasteiger partial charge in [-0.1, -0.05) is 0 Å². The number of fused-ring (bicyclic) bond motifs is 1. The Bertz CT molecular complexity index is 919. The van der Waals surface area contributed by atoms with Crippen LogP contribution >= 0.6 is 0 Å². The van der Waals surface area contributed by atoms with Gasteiger partial charge in [-0.05, 0) is 54.0 Å². The molecule has 26 heavy (non-hydrogen) atoms. The van der Waals surface area contributed by atoms with Crippen molar-refractivity contribution < 1.29 is 5.11 Å². The minimum Gasteiger partial charge on any atom is -0.390 e. The van der Waals surface area contributed by atoms with Crippen LogP contribution in [0, 0.1) is 13.8 Å². The Hall–Kier alpha value is -2.54. The maximum atomic E-state index is 10.2. The molecule has 7 heteroatoms. The minimum absolute atomic E-state index is 0.361. The molecule has 138 valence electrons. The number of H-pyrrole nitrogens is 1. The number of hydrogen-bond acceptors (Lipinski definition) is 6. The number of rotatable bonds is 5. The van der Waals surface area contributed by atoms with Crippen molar-refractivity contribution in [2.75, 3.05) is 5.32 Å².